The van der Waals surface area contributed by atoms with Crippen LogP contribution in [0.1, 0.15) is 46.5 Å². The van der Waals surface area contributed by atoms with E-state index in [9.17, 15) is 4.79 Å². The fourth-order valence-corrected chi connectivity index (χ4v) is 1.44. The summed E-state index contributed by atoms with van der Waals surface area (Å²) in [5.74, 6) is 2.59. The van der Waals surface area contributed by atoms with Crippen molar-refractivity contribution >= 4 is 6.09 Å². The minimum Gasteiger partial charge on any atom is -0.444 e. The first kappa shape index (κ1) is 16.8. The number of ether oxygens (including phenoxy) is 2. The van der Waals surface area contributed by atoms with Gasteiger partial charge in [0.15, 0.2) is 0 Å². The van der Waals surface area contributed by atoms with Gasteiger partial charge < -0.3 is 14.8 Å². The Hall–Kier alpha value is -1.21. The normalized spacial score (nSPS) is 12.6. The van der Waals surface area contributed by atoms with Gasteiger partial charge in [-0.1, -0.05) is 0 Å². The van der Waals surface area contributed by atoms with Crippen LogP contribution in [-0.4, -0.2) is 31.5 Å². The predicted octanol–water partition coefficient (Wildman–Crippen LogP) is 2.72. The van der Waals surface area contributed by atoms with Gasteiger partial charge in [0.1, 0.15) is 5.60 Å². The van der Waals surface area contributed by atoms with Crippen LogP contribution in [-0.2, 0) is 9.47 Å². The van der Waals surface area contributed by atoms with Crippen LogP contribution in [0.5, 0.6) is 0 Å². The molecule has 0 aliphatic carbocycles. The highest BCUT2D eigenvalue weighted by Gasteiger charge is 2.15. The molecule has 0 saturated heterocycles. The third-order valence-electron chi connectivity index (χ3n) is 2.30. The molecule has 18 heavy (non-hydrogen) atoms. The van der Waals surface area contributed by atoms with E-state index in [0.717, 1.165) is 19.3 Å². The lowest BCUT2D eigenvalue weighted by Gasteiger charge is -2.19. The summed E-state index contributed by atoms with van der Waals surface area (Å²) < 4.78 is 10.4. The average molecular weight is 255 g/mol. The molecule has 1 amide bonds. The molecule has 0 heterocycles. The Morgan fingerprint density at radius 3 is 2.56 bits per heavy atom. The smallest absolute Gasteiger partial charge is 0.407 e. The summed E-state index contributed by atoms with van der Waals surface area (Å²) in [5, 5.41) is 2.72. The Bertz CT molecular complexity index is 276. The van der Waals surface area contributed by atoms with Gasteiger partial charge in [-0.25, -0.2) is 4.79 Å². The molecule has 0 aromatic carbocycles. The van der Waals surface area contributed by atoms with E-state index in [1.807, 2.05) is 20.8 Å². The van der Waals surface area contributed by atoms with Crippen LogP contribution in [0.3, 0.4) is 0 Å². The second kappa shape index (κ2) is 8.82. The Balaban J connectivity index is 3.57. The molecule has 1 unspecified atom stereocenters. The maximum atomic E-state index is 11.3. The van der Waals surface area contributed by atoms with Crippen molar-refractivity contribution in [3.63, 3.8) is 0 Å². The van der Waals surface area contributed by atoms with Crippen LogP contribution in [0.25, 0.3) is 0 Å². The molecule has 4 nitrogen and oxygen atoms in total. The standard InChI is InChI=1S/C14H25NO3/c1-6-9-12(17-5)10-7-8-11-15-13(16)18-14(2,3)4/h1,12H,7-11H2,2-5H3,(H,15,16). The molecule has 0 aliphatic rings. The molecule has 1 atom stereocenters. The maximum absolute atomic E-state index is 11.3. The van der Waals surface area contributed by atoms with Gasteiger partial charge in [0.2, 0.25) is 0 Å². The fraction of sp³-hybridized carbons (Fsp3) is 0.786. The van der Waals surface area contributed by atoms with Crippen molar-refractivity contribution in [2.24, 2.45) is 0 Å². The highest BCUT2D eigenvalue weighted by atomic mass is 16.6. The molecular weight excluding hydrogens is 230 g/mol. The molecule has 0 aromatic heterocycles. The molecule has 1 N–H and O–H groups in total. The number of hydrogen-bond donors (Lipinski definition) is 1. The number of nitrogens with one attached hydrogen (secondary N) is 1. The zero-order valence-corrected chi connectivity index (χ0v) is 11.9. The first-order valence-electron chi connectivity index (χ1n) is 6.32. The number of terminal acetylenes is 1. The van der Waals surface area contributed by atoms with Gasteiger partial charge in [0, 0.05) is 20.1 Å². The van der Waals surface area contributed by atoms with E-state index in [-0.39, 0.29) is 12.2 Å². The minimum absolute atomic E-state index is 0.122. The fourth-order valence-electron chi connectivity index (χ4n) is 1.44. The van der Waals surface area contributed by atoms with Crippen LogP contribution in [0.4, 0.5) is 4.79 Å². The average Bonchev–Trinajstić information content (AvgIpc) is 2.24. The highest BCUT2D eigenvalue weighted by molar-refractivity contribution is 5.67. The van der Waals surface area contributed by atoms with Gasteiger partial charge in [-0.15, -0.1) is 12.3 Å². The summed E-state index contributed by atoms with van der Waals surface area (Å²) in [4.78, 5) is 11.3. The van der Waals surface area contributed by atoms with Crippen molar-refractivity contribution in [2.45, 2.75) is 58.2 Å². The third-order valence-corrected chi connectivity index (χ3v) is 2.30. The maximum Gasteiger partial charge on any atom is 0.407 e. The summed E-state index contributed by atoms with van der Waals surface area (Å²) in [5.41, 5.74) is -0.446. The minimum atomic E-state index is -0.446. The van der Waals surface area contributed by atoms with Crippen LogP contribution in [0, 0.1) is 12.3 Å². The number of amides is 1. The first-order valence-corrected chi connectivity index (χ1v) is 6.32. The summed E-state index contributed by atoms with van der Waals surface area (Å²) in [7, 11) is 1.67. The monoisotopic (exact) mass is 255 g/mol. The second-order valence-electron chi connectivity index (χ2n) is 5.19. The largest absolute Gasteiger partial charge is 0.444 e. The number of unbranched alkanes of at least 4 members (excludes halogenated alkanes) is 1. The van der Waals surface area contributed by atoms with Crippen LogP contribution < -0.4 is 5.32 Å². The van der Waals surface area contributed by atoms with Crippen molar-refractivity contribution in [1.29, 1.82) is 0 Å². The van der Waals surface area contributed by atoms with E-state index >= 15 is 0 Å². The zero-order valence-electron chi connectivity index (χ0n) is 11.9. The predicted molar refractivity (Wildman–Crippen MR) is 72.3 cm³/mol. The van der Waals surface area contributed by atoms with E-state index in [0.29, 0.717) is 13.0 Å². The highest BCUT2D eigenvalue weighted by Crippen LogP contribution is 2.08. The van der Waals surface area contributed by atoms with Crippen molar-refractivity contribution < 1.29 is 14.3 Å². The topological polar surface area (TPSA) is 47.6 Å². The van der Waals surface area contributed by atoms with E-state index in [4.69, 9.17) is 15.9 Å². The number of carbonyl (C=O) groups excluding carboxylic acids is 1. The number of hydrogen-bond acceptors (Lipinski definition) is 3. The summed E-state index contributed by atoms with van der Waals surface area (Å²) in [6, 6.07) is 0. The molecule has 0 bridgehead atoms. The quantitative estimate of drug-likeness (QED) is 0.562. The summed E-state index contributed by atoms with van der Waals surface area (Å²) >= 11 is 0. The number of rotatable bonds is 7. The van der Waals surface area contributed by atoms with E-state index in [2.05, 4.69) is 11.2 Å². The molecule has 0 radical (unpaired) electrons. The molecule has 0 fully saturated rings. The van der Waals surface area contributed by atoms with Crippen LogP contribution in [0.2, 0.25) is 0 Å². The van der Waals surface area contributed by atoms with Gasteiger partial charge in [-0.3, -0.25) is 0 Å². The molecule has 4 heteroatoms. The third kappa shape index (κ3) is 9.98. The molecule has 0 aromatic rings. The molecule has 0 rings (SSSR count). The second-order valence-corrected chi connectivity index (χ2v) is 5.19. The molecular formula is C14H25NO3. The molecule has 0 aliphatic heterocycles. The van der Waals surface area contributed by atoms with Crippen LogP contribution in [0.15, 0.2) is 0 Å². The number of carbonyl (C=O) groups is 1. The zero-order chi connectivity index (χ0) is 14.0. The van der Waals surface area contributed by atoms with Crippen molar-refractivity contribution in [2.75, 3.05) is 13.7 Å². The Kier molecular flexibility index (Phi) is 8.23. The van der Waals surface area contributed by atoms with Gasteiger partial charge in [0.25, 0.3) is 0 Å². The summed E-state index contributed by atoms with van der Waals surface area (Å²) in [6.07, 6.45) is 8.39. The SMILES string of the molecule is C#CCC(CCCCNC(=O)OC(C)(C)C)OC. The first-order chi connectivity index (χ1) is 8.39. The number of methoxy groups -OCH3 is 1. The Labute approximate surface area is 110 Å². The molecule has 0 saturated carbocycles. The summed E-state index contributed by atoms with van der Waals surface area (Å²) in [6.45, 7) is 6.14. The lowest BCUT2D eigenvalue weighted by Crippen LogP contribution is -2.33. The van der Waals surface area contributed by atoms with Crippen molar-refractivity contribution in [1.82, 2.24) is 5.32 Å². The lowest BCUT2D eigenvalue weighted by atomic mass is 10.1. The Morgan fingerprint density at radius 2 is 2.06 bits per heavy atom. The Morgan fingerprint density at radius 1 is 1.39 bits per heavy atom. The van der Waals surface area contributed by atoms with Gasteiger partial charge >= 0.3 is 6.09 Å². The molecule has 0 spiro atoms. The van der Waals surface area contributed by atoms with E-state index in [1.54, 1.807) is 7.11 Å². The van der Waals surface area contributed by atoms with E-state index < -0.39 is 5.60 Å². The van der Waals surface area contributed by atoms with Crippen molar-refractivity contribution in [3.8, 4) is 12.3 Å². The van der Waals surface area contributed by atoms with E-state index in [1.165, 1.54) is 0 Å². The van der Waals surface area contributed by atoms with Crippen LogP contribution >= 0.6 is 0 Å². The van der Waals surface area contributed by atoms with Crippen molar-refractivity contribution in [3.05, 3.63) is 0 Å². The molecule has 104 valence electrons. The van der Waals surface area contributed by atoms with Gasteiger partial charge in [-0.05, 0) is 40.0 Å². The van der Waals surface area contributed by atoms with Gasteiger partial charge in [0.05, 0.1) is 6.10 Å². The lowest BCUT2D eigenvalue weighted by molar-refractivity contribution is 0.0525. The van der Waals surface area contributed by atoms with Gasteiger partial charge in [-0.2, -0.15) is 0 Å². The number of alkyl carbamates (subject to hydrolysis) is 1.